The second-order valence-electron chi connectivity index (χ2n) is 7.63. The topological polar surface area (TPSA) is 120 Å². The molecule has 2 aliphatic rings. The summed E-state index contributed by atoms with van der Waals surface area (Å²) in [4.78, 5) is 18.5. The number of benzene rings is 1. The lowest BCUT2D eigenvalue weighted by Crippen LogP contribution is -2.38. The van der Waals surface area contributed by atoms with Crippen molar-refractivity contribution in [2.24, 2.45) is 0 Å². The average Bonchev–Trinajstić information content (AvgIpc) is 3.06. The molecule has 1 aromatic carbocycles. The summed E-state index contributed by atoms with van der Waals surface area (Å²) in [5.74, 6) is 0.507. The predicted octanol–water partition coefficient (Wildman–Crippen LogP) is 2.13. The number of pyridine rings is 1. The number of hydrogen-bond acceptors (Lipinski definition) is 5. The van der Waals surface area contributed by atoms with E-state index in [1.165, 1.54) is 6.42 Å². The van der Waals surface area contributed by atoms with Crippen LogP contribution in [0.3, 0.4) is 0 Å². The summed E-state index contributed by atoms with van der Waals surface area (Å²) in [6, 6.07) is 11.4. The van der Waals surface area contributed by atoms with Gasteiger partial charge in [0.25, 0.3) is 0 Å². The maximum atomic E-state index is 11.9. The van der Waals surface area contributed by atoms with E-state index in [0.29, 0.717) is 36.2 Å². The van der Waals surface area contributed by atoms with E-state index in [4.69, 9.17) is 5.10 Å². The monoisotopic (exact) mass is 428 g/mol. The molecule has 3 aromatic rings. The number of carbonyl (C=O) groups is 1. The molecular formula is C21H24N4O4S. The Labute approximate surface area is 176 Å². The Morgan fingerprint density at radius 2 is 1.83 bits per heavy atom. The van der Waals surface area contributed by atoms with Gasteiger partial charge in [0, 0.05) is 41.3 Å². The van der Waals surface area contributed by atoms with Crippen molar-refractivity contribution in [1.29, 1.82) is 0 Å². The maximum absolute atomic E-state index is 11.9. The third-order valence-electron chi connectivity index (χ3n) is 5.87. The molecule has 9 heteroatoms. The molecule has 8 nitrogen and oxygen atoms in total. The SMILES string of the molecule is O.O=C(O)c1cc(N2CCS(=O)CC2)c2c(C3CCC3)nn(-c3ccccc3)c2n1. The normalized spacial score (nSPS) is 17.5. The molecule has 0 amide bonds. The third kappa shape index (κ3) is 3.48. The molecule has 0 radical (unpaired) electrons. The van der Waals surface area contributed by atoms with Crippen LogP contribution in [0.25, 0.3) is 16.7 Å². The number of nitrogens with zero attached hydrogens (tertiary/aromatic N) is 4. The fourth-order valence-electron chi connectivity index (χ4n) is 4.08. The highest BCUT2D eigenvalue weighted by atomic mass is 32.2. The van der Waals surface area contributed by atoms with Gasteiger partial charge in [0.15, 0.2) is 11.3 Å². The van der Waals surface area contributed by atoms with E-state index in [9.17, 15) is 14.1 Å². The number of carboxylic acid groups (broad SMARTS) is 1. The summed E-state index contributed by atoms with van der Waals surface area (Å²) >= 11 is 0. The zero-order valence-electron chi connectivity index (χ0n) is 16.5. The average molecular weight is 429 g/mol. The largest absolute Gasteiger partial charge is 0.477 e. The number of anilines is 1. The van der Waals surface area contributed by atoms with Crippen molar-refractivity contribution in [3.8, 4) is 5.69 Å². The van der Waals surface area contributed by atoms with E-state index in [-0.39, 0.29) is 11.2 Å². The Kier molecular flexibility index (Phi) is 5.57. The Morgan fingerprint density at radius 3 is 2.43 bits per heavy atom. The quantitative estimate of drug-likeness (QED) is 0.680. The molecule has 0 bridgehead atoms. The summed E-state index contributed by atoms with van der Waals surface area (Å²) < 4.78 is 13.6. The molecule has 1 aliphatic carbocycles. The number of carboxylic acids is 1. The van der Waals surface area contributed by atoms with Gasteiger partial charge in [-0.05, 0) is 31.0 Å². The Balaban J connectivity index is 0.00000218. The zero-order chi connectivity index (χ0) is 20.0. The third-order valence-corrected chi connectivity index (χ3v) is 7.15. The molecule has 1 saturated heterocycles. The number of fused-ring (bicyclic) bond motifs is 1. The van der Waals surface area contributed by atoms with E-state index in [2.05, 4.69) is 9.88 Å². The summed E-state index contributed by atoms with van der Waals surface area (Å²) in [6.07, 6.45) is 3.36. The summed E-state index contributed by atoms with van der Waals surface area (Å²) in [6.45, 7) is 1.29. The van der Waals surface area contributed by atoms with Crippen LogP contribution in [0, 0.1) is 0 Å². The van der Waals surface area contributed by atoms with Gasteiger partial charge < -0.3 is 15.5 Å². The molecule has 0 unspecified atom stereocenters. The van der Waals surface area contributed by atoms with Gasteiger partial charge in [-0.2, -0.15) is 5.10 Å². The molecule has 0 atom stereocenters. The summed E-state index contributed by atoms with van der Waals surface area (Å²) in [5.41, 5.74) is 3.31. The molecular weight excluding hydrogens is 404 g/mol. The lowest BCUT2D eigenvalue weighted by Gasteiger charge is -2.30. The van der Waals surface area contributed by atoms with Gasteiger partial charge in [-0.3, -0.25) is 4.21 Å². The van der Waals surface area contributed by atoms with Gasteiger partial charge in [-0.25, -0.2) is 14.5 Å². The van der Waals surface area contributed by atoms with Crippen LogP contribution in [-0.4, -0.2) is 60.1 Å². The lowest BCUT2D eigenvalue weighted by molar-refractivity contribution is 0.0691. The first-order valence-corrected chi connectivity index (χ1v) is 11.4. The smallest absolute Gasteiger partial charge is 0.354 e. The Morgan fingerprint density at radius 1 is 1.13 bits per heavy atom. The standard InChI is InChI=1S/C21H22N4O3S.H2O/c26-21(27)16-13-17(24-9-11-29(28)12-10-24)18-19(14-5-4-6-14)23-25(20(18)22-16)15-7-2-1-3-8-15;/h1-3,7-8,13-14H,4-6,9-12H2,(H,26,27);1H2. The van der Waals surface area contributed by atoms with Crippen LogP contribution in [0.5, 0.6) is 0 Å². The summed E-state index contributed by atoms with van der Waals surface area (Å²) in [7, 11) is -0.806. The molecule has 5 rings (SSSR count). The number of para-hydroxylation sites is 1. The van der Waals surface area contributed by atoms with E-state index < -0.39 is 16.8 Å². The number of aromatic nitrogens is 3. The first-order chi connectivity index (χ1) is 14.1. The highest BCUT2D eigenvalue weighted by molar-refractivity contribution is 7.85. The molecule has 0 spiro atoms. The molecule has 158 valence electrons. The van der Waals surface area contributed by atoms with Crippen molar-refractivity contribution in [2.75, 3.05) is 29.5 Å². The Hall–Kier alpha value is -2.78. The minimum absolute atomic E-state index is 0. The lowest BCUT2D eigenvalue weighted by atomic mass is 9.82. The maximum Gasteiger partial charge on any atom is 0.354 e. The van der Waals surface area contributed by atoms with Gasteiger partial charge in [-0.1, -0.05) is 24.6 Å². The van der Waals surface area contributed by atoms with E-state index >= 15 is 0 Å². The van der Waals surface area contributed by atoms with Crippen LogP contribution in [-0.2, 0) is 10.8 Å². The van der Waals surface area contributed by atoms with Crippen molar-refractivity contribution in [2.45, 2.75) is 25.2 Å². The molecule has 30 heavy (non-hydrogen) atoms. The molecule has 2 aromatic heterocycles. The first-order valence-electron chi connectivity index (χ1n) is 9.94. The van der Waals surface area contributed by atoms with Crippen LogP contribution < -0.4 is 4.90 Å². The van der Waals surface area contributed by atoms with Crippen molar-refractivity contribution < 1.29 is 19.6 Å². The number of rotatable bonds is 4. The van der Waals surface area contributed by atoms with Crippen LogP contribution in [0.1, 0.15) is 41.4 Å². The molecule has 1 aliphatic heterocycles. The van der Waals surface area contributed by atoms with Gasteiger partial charge in [0.2, 0.25) is 0 Å². The van der Waals surface area contributed by atoms with Crippen LogP contribution >= 0.6 is 0 Å². The minimum Gasteiger partial charge on any atom is -0.477 e. The Bertz CT molecular complexity index is 1100. The fraction of sp³-hybridized carbons (Fsp3) is 0.381. The van der Waals surface area contributed by atoms with Gasteiger partial charge in [0.05, 0.1) is 22.5 Å². The molecule has 2 fully saturated rings. The fourth-order valence-corrected chi connectivity index (χ4v) is 5.13. The van der Waals surface area contributed by atoms with Gasteiger partial charge in [0.1, 0.15) is 0 Å². The van der Waals surface area contributed by atoms with Crippen LogP contribution in [0.2, 0.25) is 0 Å². The molecule has 3 heterocycles. The highest BCUT2D eigenvalue weighted by Gasteiger charge is 2.31. The summed E-state index contributed by atoms with van der Waals surface area (Å²) in [5, 5.41) is 15.6. The second kappa shape index (κ2) is 8.16. The number of hydrogen-bond donors (Lipinski definition) is 1. The highest BCUT2D eigenvalue weighted by Crippen LogP contribution is 2.42. The minimum atomic E-state index is -1.06. The molecule has 3 N–H and O–H groups in total. The number of aromatic carboxylic acids is 1. The van der Waals surface area contributed by atoms with Crippen molar-refractivity contribution in [3.05, 3.63) is 47.8 Å². The second-order valence-corrected chi connectivity index (χ2v) is 9.32. The van der Waals surface area contributed by atoms with Crippen LogP contribution in [0.15, 0.2) is 36.4 Å². The van der Waals surface area contributed by atoms with E-state index in [0.717, 1.165) is 35.3 Å². The molecule has 1 saturated carbocycles. The van der Waals surface area contributed by atoms with Crippen molar-refractivity contribution >= 4 is 33.5 Å². The predicted molar refractivity (Wildman–Crippen MR) is 116 cm³/mol. The van der Waals surface area contributed by atoms with Crippen molar-refractivity contribution in [3.63, 3.8) is 0 Å². The zero-order valence-corrected chi connectivity index (χ0v) is 17.3. The van der Waals surface area contributed by atoms with E-state index in [1.807, 2.05) is 30.3 Å². The first kappa shape index (κ1) is 20.5. The van der Waals surface area contributed by atoms with Gasteiger partial charge in [-0.15, -0.1) is 0 Å². The van der Waals surface area contributed by atoms with Crippen molar-refractivity contribution in [1.82, 2.24) is 14.8 Å². The van der Waals surface area contributed by atoms with Gasteiger partial charge >= 0.3 is 5.97 Å². The van der Waals surface area contributed by atoms with E-state index in [1.54, 1.807) is 10.7 Å². The van der Waals surface area contributed by atoms with Crippen LogP contribution in [0.4, 0.5) is 5.69 Å².